The molecule has 5 aliphatic rings. The maximum absolute atomic E-state index is 12.4. The molecule has 3 saturated carbocycles. The van der Waals surface area contributed by atoms with E-state index in [2.05, 4.69) is 35.4 Å². The predicted octanol–water partition coefficient (Wildman–Crippen LogP) is 4.80. The van der Waals surface area contributed by atoms with Crippen molar-refractivity contribution in [1.82, 2.24) is 10.3 Å². The van der Waals surface area contributed by atoms with Gasteiger partial charge in [0.05, 0.1) is 11.7 Å². The first-order valence-electron chi connectivity index (χ1n) is 13.8. The van der Waals surface area contributed by atoms with Gasteiger partial charge in [-0.3, -0.25) is 4.79 Å². The highest BCUT2D eigenvalue weighted by Crippen LogP contribution is 2.74. The van der Waals surface area contributed by atoms with E-state index in [1.807, 2.05) is 32.3 Å². The number of H-pyrrole nitrogens is 1. The Hall–Kier alpha value is -2.21. The number of hydrogen-bond acceptors (Lipinski definition) is 4. The molecule has 1 aromatic carbocycles. The first kappa shape index (κ1) is 24.1. The zero-order valence-electron chi connectivity index (χ0n) is 21.8. The molecule has 7 rings (SSSR count). The lowest BCUT2D eigenvalue weighted by molar-refractivity contribution is -0.0389. The summed E-state index contributed by atoms with van der Waals surface area (Å²) in [7, 11) is 3.75. The van der Waals surface area contributed by atoms with Gasteiger partial charge in [0.25, 0.3) is 5.56 Å². The summed E-state index contributed by atoms with van der Waals surface area (Å²) in [5, 5.41) is 27.2. The molecule has 1 heterocycles. The number of aliphatic hydroxyl groups excluding tert-OH is 1. The number of aliphatic hydroxyl groups is 2. The molecule has 1 spiro atoms. The van der Waals surface area contributed by atoms with Crippen molar-refractivity contribution < 1.29 is 10.2 Å². The van der Waals surface area contributed by atoms with Crippen molar-refractivity contribution in [1.29, 1.82) is 0 Å². The molecular formula is C31H40N2O3. The Labute approximate surface area is 213 Å². The van der Waals surface area contributed by atoms with E-state index in [-0.39, 0.29) is 28.4 Å². The summed E-state index contributed by atoms with van der Waals surface area (Å²) in [6.07, 6.45) is 14.1. The summed E-state index contributed by atoms with van der Waals surface area (Å²) >= 11 is 0. The molecule has 5 nitrogen and oxygen atoms in total. The lowest BCUT2D eigenvalue weighted by Gasteiger charge is -2.49. The molecule has 2 aromatic rings. The van der Waals surface area contributed by atoms with Gasteiger partial charge in [0.15, 0.2) is 0 Å². The summed E-state index contributed by atoms with van der Waals surface area (Å²) in [4.78, 5) is 15.2. The van der Waals surface area contributed by atoms with Gasteiger partial charge in [-0.2, -0.15) is 0 Å². The maximum Gasteiger partial charge on any atom is 0.255 e. The third-order valence-corrected chi connectivity index (χ3v) is 10.5. The SMILES string of the molecule is CC12CC=C3C4CC45CC(O)CCC5CC[C@]3(O)C1CC=C2c1ccc2cc[nH]c(=O)c2c1.CNC. The van der Waals surface area contributed by atoms with Gasteiger partial charge < -0.3 is 20.5 Å². The van der Waals surface area contributed by atoms with E-state index in [9.17, 15) is 15.0 Å². The average molecular weight is 489 g/mol. The molecule has 7 atom stereocenters. The maximum atomic E-state index is 12.4. The van der Waals surface area contributed by atoms with Gasteiger partial charge in [0.2, 0.25) is 0 Å². The van der Waals surface area contributed by atoms with Crippen LogP contribution in [0.1, 0.15) is 63.9 Å². The highest BCUT2D eigenvalue weighted by molar-refractivity contribution is 5.87. The van der Waals surface area contributed by atoms with Crippen molar-refractivity contribution >= 4 is 16.3 Å². The van der Waals surface area contributed by atoms with Crippen molar-refractivity contribution in [2.45, 2.75) is 70.0 Å². The van der Waals surface area contributed by atoms with Gasteiger partial charge in [-0.15, -0.1) is 0 Å². The number of benzene rings is 1. The summed E-state index contributed by atoms with van der Waals surface area (Å²) in [5.41, 5.74) is 3.00. The van der Waals surface area contributed by atoms with Gasteiger partial charge in [-0.05, 0) is 117 Å². The van der Waals surface area contributed by atoms with E-state index in [1.165, 1.54) is 11.1 Å². The lowest BCUT2D eigenvalue weighted by Crippen LogP contribution is -2.49. The molecule has 6 unspecified atom stereocenters. The number of aromatic amines is 1. The molecule has 5 heteroatoms. The third-order valence-electron chi connectivity index (χ3n) is 10.5. The van der Waals surface area contributed by atoms with Crippen LogP contribution in [0.5, 0.6) is 0 Å². The Bertz CT molecular complexity index is 1310. The Morgan fingerprint density at radius 3 is 2.69 bits per heavy atom. The van der Waals surface area contributed by atoms with Crippen LogP contribution in [-0.2, 0) is 0 Å². The zero-order chi connectivity index (χ0) is 25.3. The number of pyridine rings is 1. The van der Waals surface area contributed by atoms with Crippen molar-refractivity contribution in [2.24, 2.45) is 28.6 Å². The van der Waals surface area contributed by atoms with E-state index in [0.717, 1.165) is 67.7 Å². The fraction of sp³-hybridized carbons (Fsp3) is 0.581. The highest BCUT2D eigenvalue weighted by Gasteiger charge is 2.68. The van der Waals surface area contributed by atoms with Crippen LogP contribution >= 0.6 is 0 Å². The van der Waals surface area contributed by atoms with Crippen LogP contribution in [0.25, 0.3) is 16.3 Å². The molecule has 0 amide bonds. The third kappa shape index (κ3) is 3.35. The van der Waals surface area contributed by atoms with Crippen molar-refractivity contribution in [3.63, 3.8) is 0 Å². The van der Waals surface area contributed by atoms with E-state index >= 15 is 0 Å². The Kier molecular flexibility index (Phi) is 5.64. The van der Waals surface area contributed by atoms with Crippen molar-refractivity contribution in [3.05, 3.63) is 64.1 Å². The first-order chi connectivity index (χ1) is 17.3. The molecule has 0 aliphatic heterocycles. The van der Waals surface area contributed by atoms with E-state index in [1.54, 1.807) is 6.20 Å². The second kappa shape index (κ2) is 8.41. The van der Waals surface area contributed by atoms with Crippen molar-refractivity contribution in [3.8, 4) is 0 Å². The Balaban J connectivity index is 0.000000765. The van der Waals surface area contributed by atoms with E-state index in [0.29, 0.717) is 11.8 Å². The van der Waals surface area contributed by atoms with Crippen LogP contribution < -0.4 is 10.9 Å². The van der Waals surface area contributed by atoms with Crippen LogP contribution in [0.4, 0.5) is 0 Å². The fourth-order valence-corrected chi connectivity index (χ4v) is 8.78. The zero-order valence-corrected chi connectivity index (χ0v) is 21.8. The smallest absolute Gasteiger partial charge is 0.255 e. The number of nitrogens with one attached hydrogen (secondary N) is 2. The molecule has 0 bridgehead atoms. The van der Waals surface area contributed by atoms with Crippen LogP contribution in [0.3, 0.4) is 0 Å². The van der Waals surface area contributed by atoms with Crippen LogP contribution in [-0.4, -0.2) is 41.0 Å². The van der Waals surface area contributed by atoms with Crippen LogP contribution in [0.15, 0.2) is 53.0 Å². The minimum atomic E-state index is -0.754. The van der Waals surface area contributed by atoms with Gasteiger partial charge >= 0.3 is 0 Å². The molecule has 5 aliphatic carbocycles. The lowest BCUT2D eigenvalue weighted by atomic mass is 9.57. The van der Waals surface area contributed by atoms with Crippen molar-refractivity contribution in [2.75, 3.05) is 14.1 Å². The molecule has 192 valence electrons. The summed E-state index contributed by atoms with van der Waals surface area (Å²) in [5.74, 6) is 1.28. The summed E-state index contributed by atoms with van der Waals surface area (Å²) in [6, 6.07) is 8.17. The van der Waals surface area contributed by atoms with Gasteiger partial charge in [-0.1, -0.05) is 31.2 Å². The van der Waals surface area contributed by atoms with Gasteiger partial charge in [0, 0.05) is 22.9 Å². The number of fused-ring (bicyclic) bond motifs is 5. The predicted molar refractivity (Wildman–Crippen MR) is 145 cm³/mol. The molecule has 4 N–H and O–H groups in total. The highest BCUT2D eigenvalue weighted by atomic mass is 16.3. The second-order valence-corrected chi connectivity index (χ2v) is 12.4. The molecule has 0 radical (unpaired) electrons. The fourth-order valence-electron chi connectivity index (χ4n) is 8.78. The normalized spacial score (nSPS) is 40.4. The number of hydrogen-bond donors (Lipinski definition) is 4. The monoisotopic (exact) mass is 488 g/mol. The van der Waals surface area contributed by atoms with Crippen LogP contribution in [0.2, 0.25) is 0 Å². The molecular weight excluding hydrogens is 448 g/mol. The van der Waals surface area contributed by atoms with Gasteiger partial charge in [0.1, 0.15) is 0 Å². The largest absolute Gasteiger partial charge is 0.393 e. The average Bonchev–Trinajstić information content (AvgIpc) is 3.43. The number of aromatic nitrogens is 1. The van der Waals surface area contributed by atoms with Crippen LogP contribution in [0, 0.1) is 28.6 Å². The summed E-state index contributed by atoms with van der Waals surface area (Å²) < 4.78 is 0. The van der Waals surface area contributed by atoms with Gasteiger partial charge in [-0.25, -0.2) is 0 Å². The van der Waals surface area contributed by atoms with E-state index < -0.39 is 5.60 Å². The Morgan fingerprint density at radius 2 is 1.89 bits per heavy atom. The first-order valence-corrected chi connectivity index (χ1v) is 13.8. The Morgan fingerprint density at radius 1 is 1.08 bits per heavy atom. The van der Waals surface area contributed by atoms with E-state index in [4.69, 9.17) is 0 Å². The standard InChI is InChI=1S/C29H33NO3.C2H7N/c1-27-11-9-23-24-16-28(24)15-20(31)5-4-19(28)8-12-29(23,33)25(27)7-6-22(27)18-3-2-17-10-13-30-26(32)21(17)14-18;1-3-2/h2-3,6,9-10,13-14,19-20,24-25,31,33H,4-5,7-8,11-12,15-16H2,1H3,(H,30,32);3H,1-2H3/t19?,20?,24?,25?,27?,28?,29-;/m1./s1. The molecule has 36 heavy (non-hydrogen) atoms. The molecule has 0 saturated heterocycles. The summed E-state index contributed by atoms with van der Waals surface area (Å²) in [6.45, 7) is 2.32. The minimum Gasteiger partial charge on any atom is -0.393 e. The minimum absolute atomic E-state index is 0.0494. The molecule has 1 aromatic heterocycles. The number of rotatable bonds is 1. The topological polar surface area (TPSA) is 85.3 Å². The number of allylic oxidation sites excluding steroid dienone is 3. The molecule has 3 fully saturated rings. The quantitative estimate of drug-likeness (QED) is 0.435. The second-order valence-electron chi connectivity index (χ2n) is 12.4.